The van der Waals surface area contributed by atoms with Crippen LogP contribution in [0.5, 0.6) is 5.75 Å². The fourth-order valence-electron chi connectivity index (χ4n) is 1.25. The molecule has 2 rings (SSSR count). The van der Waals surface area contributed by atoms with Gasteiger partial charge in [0, 0.05) is 12.0 Å². The first-order valence-electron chi connectivity index (χ1n) is 3.54. The summed E-state index contributed by atoms with van der Waals surface area (Å²) >= 11 is 0. The fourth-order valence-corrected chi connectivity index (χ4v) is 1.25. The number of hydrogen-bond donors (Lipinski definition) is 0. The van der Waals surface area contributed by atoms with Crippen LogP contribution < -0.4 is 4.74 Å². The van der Waals surface area contributed by atoms with Gasteiger partial charge in [-0.25, -0.2) is 0 Å². The minimum atomic E-state index is 0.606. The lowest BCUT2D eigenvalue weighted by Crippen LogP contribution is -1.85. The van der Waals surface area contributed by atoms with Crippen LogP contribution in [0, 0.1) is 0 Å². The third-order valence-electron chi connectivity index (χ3n) is 1.81. The Bertz CT molecular complexity index is 292. The van der Waals surface area contributed by atoms with E-state index in [0.717, 1.165) is 24.3 Å². The first-order valence-corrected chi connectivity index (χ1v) is 3.54. The van der Waals surface area contributed by atoms with Crippen LogP contribution in [0.15, 0.2) is 18.2 Å². The van der Waals surface area contributed by atoms with Crippen LogP contribution >= 0.6 is 0 Å². The number of carbonyl (C=O) groups excluding carboxylic acids is 1. The summed E-state index contributed by atoms with van der Waals surface area (Å²) in [6, 6.07) is 5.37. The Morgan fingerprint density at radius 3 is 3.18 bits per heavy atom. The highest BCUT2D eigenvalue weighted by molar-refractivity contribution is 5.76. The molecule has 1 aliphatic rings. The van der Waals surface area contributed by atoms with Gasteiger partial charge in [-0.3, -0.25) is 4.79 Å². The summed E-state index contributed by atoms with van der Waals surface area (Å²) in [6.07, 6.45) is 2.76. The van der Waals surface area contributed by atoms with E-state index in [1.54, 1.807) is 6.07 Å². The van der Waals surface area contributed by atoms with Crippen molar-refractivity contribution in [3.8, 4) is 5.75 Å². The van der Waals surface area contributed by atoms with E-state index in [4.69, 9.17) is 4.74 Å². The van der Waals surface area contributed by atoms with Gasteiger partial charge in [-0.05, 0) is 23.8 Å². The lowest BCUT2D eigenvalue weighted by molar-refractivity contribution is 0.357. The van der Waals surface area contributed by atoms with Crippen LogP contribution in [-0.4, -0.2) is 12.9 Å². The molecule has 0 aromatic heterocycles. The maximum atomic E-state index is 10.2. The molecule has 1 aromatic rings. The first kappa shape index (κ1) is 6.40. The highest BCUT2D eigenvalue weighted by atomic mass is 16.5. The largest absolute Gasteiger partial charge is 0.493 e. The predicted octanol–water partition coefficient (Wildman–Crippen LogP) is 1.08. The molecule has 2 heteroatoms. The Morgan fingerprint density at radius 2 is 2.36 bits per heavy atom. The van der Waals surface area contributed by atoms with Gasteiger partial charge in [-0.1, -0.05) is 0 Å². The quantitative estimate of drug-likeness (QED) is 0.594. The van der Waals surface area contributed by atoms with E-state index in [0.29, 0.717) is 5.56 Å². The van der Waals surface area contributed by atoms with Gasteiger partial charge in [0.15, 0.2) is 0 Å². The number of benzene rings is 1. The summed E-state index contributed by atoms with van der Waals surface area (Å²) in [5.41, 5.74) is 1.72. The van der Waals surface area contributed by atoms with Gasteiger partial charge < -0.3 is 4.74 Å². The average Bonchev–Trinajstić information content (AvgIpc) is 2.50. The normalized spacial score (nSPS) is 13.8. The number of fused-ring (bicyclic) bond motifs is 1. The van der Waals surface area contributed by atoms with Gasteiger partial charge in [-0.15, -0.1) is 0 Å². The molecule has 2 nitrogen and oxygen atoms in total. The van der Waals surface area contributed by atoms with Crippen molar-refractivity contribution < 1.29 is 9.53 Å². The summed E-state index contributed by atoms with van der Waals surface area (Å²) < 4.78 is 5.27. The van der Waals surface area contributed by atoms with Crippen molar-refractivity contribution in [2.45, 2.75) is 6.42 Å². The highest BCUT2D eigenvalue weighted by Gasteiger charge is 2.11. The monoisotopic (exact) mass is 147 g/mol. The first-order chi connectivity index (χ1) is 5.40. The standard InChI is InChI=1S/C9H7O2/c10-6-7-1-2-9-8(5-7)3-4-11-9/h1-2,5H,3-4H2. The molecular formula is C9H7O2. The molecule has 11 heavy (non-hydrogen) atoms. The summed E-state index contributed by atoms with van der Waals surface area (Å²) in [7, 11) is 0. The van der Waals surface area contributed by atoms with Crippen molar-refractivity contribution in [2.24, 2.45) is 0 Å². The zero-order valence-electron chi connectivity index (χ0n) is 5.96. The van der Waals surface area contributed by atoms with Gasteiger partial charge in [-0.2, -0.15) is 0 Å². The van der Waals surface area contributed by atoms with Crippen molar-refractivity contribution in [1.29, 1.82) is 0 Å². The second-order valence-electron chi connectivity index (χ2n) is 2.52. The molecule has 1 aliphatic heterocycles. The Kier molecular flexibility index (Phi) is 1.39. The molecular weight excluding hydrogens is 140 g/mol. The van der Waals surface area contributed by atoms with E-state index in [-0.39, 0.29) is 0 Å². The molecule has 0 spiro atoms. The molecule has 0 saturated carbocycles. The minimum absolute atomic E-state index is 0.606. The zero-order valence-corrected chi connectivity index (χ0v) is 5.96. The van der Waals surface area contributed by atoms with Crippen molar-refractivity contribution >= 4 is 6.29 Å². The van der Waals surface area contributed by atoms with Crippen LogP contribution in [0.3, 0.4) is 0 Å². The van der Waals surface area contributed by atoms with Crippen LogP contribution in [0.1, 0.15) is 11.1 Å². The van der Waals surface area contributed by atoms with Gasteiger partial charge >= 0.3 is 0 Å². The Hall–Kier alpha value is -1.31. The van der Waals surface area contributed by atoms with E-state index in [2.05, 4.69) is 0 Å². The topological polar surface area (TPSA) is 26.3 Å². The molecule has 0 bridgehead atoms. The SMILES string of the molecule is O=[C]c1ccc2c(c1)CCO2. The van der Waals surface area contributed by atoms with E-state index < -0.39 is 0 Å². The van der Waals surface area contributed by atoms with Crippen LogP contribution in [0.4, 0.5) is 0 Å². The molecule has 0 atom stereocenters. The molecule has 1 aromatic carbocycles. The van der Waals surface area contributed by atoms with E-state index in [1.807, 2.05) is 18.4 Å². The van der Waals surface area contributed by atoms with E-state index in [9.17, 15) is 4.79 Å². The molecule has 0 aliphatic carbocycles. The Balaban J connectivity index is 2.48. The van der Waals surface area contributed by atoms with Gasteiger partial charge in [0.05, 0.1) is 6.61 Å². The van der Waals surface area contributed by atoms with Crippen LogP contribution in [0.25, 0.3) is 0 Å². The van der Waals surface area contributed by atoms with E-state index >= 15 is 0 Å². The molecule has 0 unspecified atom stereocenters. The van der Waals surface area contributed by atoms with Gasteiger partial charge in [0.1, 0.15) is 5.75 Å². The Labute approximate surface area is 64.8 Å². The van der Waals surface area contributed by atoms with Crippen molar-refractivity contribution in [2.75, 3.05) is 6.61 Å². The molecule has 0 N–H and O–H groups in total. The second kappa shape index (κ2) is 2.38. The number of rotatable bonds is 1. The predicted molar refractivity (Wildman–Crippen MR) is 40.4 cm³/mol. The summed E-state index contributed by atoms with van der Waals surface area (Å²) in [5.74, 6) is 0.906. The highest BCUT2D eigenvalue weighted by Crippen LogP contribution is 2.24. The van der Waals surface area contributed by atoms with Gasteiger partial charge in [0.25, 0.3) is 0 Å². The van der Waals surface area contributed by atoms with Crippen molar-refractivity contribution in [3.63, 3.8) is 0 Å². The minimum Gasteiger partial charge on any atom is -0.493 e. The average molecular weight is 147 g/mol. The zero-order chi connectivity index (χ0) is 7.68. The second-order valence-corrected chi connectivity index (χ2v) is 2.52. The summed E-state index contributed by atoms with van der Waals surface area (Å²) in [4.78, 5) is 10.2. The van der Waals surface area contributed by atoms with Crippen LogP contribution in [-0.2, 0) is 11.2 Å². The molecule has 0 fully saturated rings. The molecule has 1 radical (unpaired) electrons. The maximum absolute atomic E-state index is 10.2. The molecule has 1 heterocycles. The number of ether oxygens (including phenoxy) is 1. The van der Waals surface area contributed by atoms with Crippen molar-refractivity contribution in [3.05, 3.63) is 29.3 Å². The molecule has 55 valence electrons. The number of hydrogen-bond acceptors (Lipinski definition) is 2. The van der Waals surface area contributed by atoms with Crippen LogP contribution in [0.2, 0.25) is 0 Å². The third kappa shape index (κ3) is 1.00. The maximum Gasteiger partial charge on any atom is 0.233 e. The lowest BCUT2D eigenvalue weighted by Gasteiger charge is -1.96. The summed E-state index contributed by atoms with van der Waals surface area (Å²) in [5, 5.41) is 0. The molecule has 0 amide bonds. The van der Waals surface area contributed by atoms with Crippen molar-refractivity contribution in [1.82, 2.24) is 0 Å². The van der Waals surface area contributed by atoms with E-state index in [1.165, 1.54) is 0 Å². The smallest absolute Gasteiger partial charge is 0.233 e. The lowest BCUT2D eigenvalue weighted by atomic mass is 10.1. The Morgan fingerprint density at radius 1 is 1.45 bits per heavy atom. The van der Waals surface area contributed by atoms with Gasteiger partial charge in [0.2, 0.25) is 6.29 Å². The fraction of sp³-hybridized carbons (Fsp3) is 0.222. The molecule has 0 saturated heterocycles. The third-order valence-corrected chi connectivity index (χ3v) is 1.81. The summed E-state index contributed by atoms with van der Waals surface area (Å²) in [6.45, 7) is 0.734.